The van der Waals surface area contributed by atoms with Gasteiger partial charge in [0.1, 0.15) is 0 Å². The molecule has 0 aliphatic rings. The van der Waals surface area contributed by atoms with Gasteiger partial charge in [0.2, 0.25) is 0 Å². The van der Waals surface area contributed by atoms with Crippen LogP contribution in [0.1, 0.15) is 35.3 Å². The van der Waals surface area contributed by atoms with Gasteiger partial charge < -0.3 is 15.2 Å². The number of carbonyl (C=O) groups is 2. The lowest BCUT2D eigenvalue weighted by atomic mass is 10.0. The van der Waals surface area contributed by atoms with E-state index in [1.54, 1.807) is 18.2 Å². The number of amides is 1. The van der Waals surface area contributed by atoms with Crippen LogP contribution in [0, 0.1) is 6.92 Å². The third-order valence-electron chi connectivity index (χ3n) is 2.95. The van der Waals surface area contributed by atoms with Crippen LogP contribution >= 0.6 is 0 Å². The molecule has 1 amide bonds. The summed E-state index contributed by atoms with van der Waals surface area (Å²) in [5.41, 5.74) is 2.11. The van der Waals surface area contributed by atoms with E-state index in [0.29, 0.717) is 24.3 Å². The Labute approximate surface area is 124 Å². The van der Waals surface area contributed by atoms with Gasteiger partial charge >= 0.3 is 5.97 Å². The normalized spacial score (nSPS) is 12.3. The first-order valence-electron chi connectivity index (χ1n) is 6.85. The predicted molar refractivity (Wildman–Crippen MR) is 81.3 cm³/mol. The summed E-state index contributed by atoms with van der Waals surface area (Å²) in [6, 6.07) is 5.19. The molecule has 0 fully saturated rings. The van der Waals surface area contributed by atoms with E-state index in [1.165, 1.54) is 6.08 Å². The molecule has 5 nitrogen and oxygen atoms in total. The minimum absolute atomic E-state index is 0.0456. The van der Waals surface area contributed by atoms with E-state index in [2.05, 4.69) is 5.32 Å². The van der Waals surface area contributed by atoms with Gasteiger partial charge in [-0.1, -0.05) is 6.07 Å². The molecule has 0 aliphatic carbocycles. The lowest BCUT2D eigenvalue weighted by molar-refractivity contribution is -0.131. The number of aliphatic carboxylic acids is 1. The first kappa shape index (κ1) is 16.9. The summed E-state index contributed by atoms with van der Waals surface area (Å²) < 4.78 is 5.34. The van der Waals surface area contributed by atoms with Crippen LogP contribution in [0.15, 0.2) is 24.3 Å². The van der Waals surface area contributed by atoms with Crippen molar-refractivity contribution < 1.29 is 19.4 Å². The second kappa shape index (κ2) is 8.21. The first-order chi connectivity index (χ1) is 9.93. The van der Waals surface area contributed by atoms with Crippen molar-refractivity contribution in [3.8, 4) is 0 Å². The summed E-state index contributed by atoms with van der Waals surface area (Å²) >= 11 is 0. The van der Waals surface area contributed by atoms with Crippen LogP contribution in [0.3, 0.4) is 0 Å². The van der Waals surface area contributed by atoms with Crippen LogP contribution in [0.25, 0.3) is 6.08 Å². The average Bonchev–Trinajstić information content (AvgIpc) is 2.44. The molecular weight excluding hydrogens is 270 g/mol. The van der Waals surface area contributed by atoms with Gasteiger partial charge in [0, 0.05) is 24.8 Å². The van der Waals surface area contributed by atoms with Crippen LogP contribution in [-0.4, -0.2) is 36.2 Å². The molecule has 0 radical (unpaired) electrons. The molecule has 1 aromatic rings. The van der Waals surface area contributed by atoms with Crippen LogP contribution in [0.2, 0.25) is 0 Å². The van der Waals surface area contributed by atoms with Gasteiger partial charge in [0.15, 0.2) is 0 Å². The molecule has 1 atom stereocenters. The Morgan fingerprint density at radius 3 is 2.76 bits per heavy atom. The lowest BCUT2D eigenvalue weighted by Gasteiger charge is -2.13. The number of nitrogens with one attached hydrogen (secondary N) is 1. The number of ether oxygens (including phenoxy) is 1. The van der Waals surface area contributed by atoms with E-state index < -0.39 is 5.97 Å². The van der Waals surface area contributed by atoms with Crippen molar-refractivity contribution in [3.05, 3.63) is 41.0 Å². The Kier molecular flexibility index (Phi) is 6.62. The first-order valence-corrected chi connectivity index (χ1v) is 6.85. The van der Waals surface area contributed by atoms with Crippen molar-refractivity contribution in [2.45, 2.75) is 26.9 Å². The Morgan fingerprint density at radius 1 is 1.43 bits per heavy atom. The zero-order valence-electron chi connectivity index (χ0n) is 12.6. The van der Waals surface area contributed by atoms with Gasteiger partial charge in [-0.15, -0.1) is 0 Å². The number of carboxylic acids is 1. The summed E-state index contributed by atoms with van der Waals surface area (Å²) in [6.45, 7) is 6.69. The molecule has 0 aliphatic heterocycles. The van der Waals surface area contributed by atoms with Crippen molar-refractivity contribution in [1.29, 1.82) is 0 Å². The minimum atomic E-state index is -1.02. The fourth-order valence-corrected chi connectivity index (χ4v) is 1.80. The Balaban J connectivity index is 2.77. The molecule has 1 aromatic carbocycles. The van der Waals surface area contributed by atoms with Crippen LogP contribution in [0.4, 0.5) is 0 Å². The van der Waals surface area contributed by atoms with E-state index >= 15 is 0 Å². The Hall–Kier alpha value is -2.14. The number of carboxylic acid groups (broad SMARTS) is 1. The number of aryl methyl sites for hydroxylation is 1. The van der Waals surface area contributed by atoms with Crippen molar-refractivity contribution in [2.75, 3.05) is 13.2 Å². The Morgan fingerprint density at radius 2 is 2.14 bits per heavy atom. The zero-order valence-corrected chi connectivity index (χ0v) is 12.6. The maximum absolute atomic E-state index is 12.0. The van der Waals surface area contributed by atoms with Gasteiger partial charge in [-0.3, -0.25) is 4.79 Å². The van der Waals surface area contributed by atoms with Crippen molar-refractivity contribution in [3.63, 3.8) is 0 Å². The number of benzene rings is 1. The highest BCUT2D eigenvalue weighted by atomic mass is 16.5. The van der Waals surface area contributed by atoms with E-state index in [1.807, 2.05) is 20.8 Å². The van der Waals surface area contributed by atoms with Crippen molar-refractivity contribution >= 4 is 18.0 Å². The molecule has 0 bridgehead atoms. The number of carbonyl (C=O) groups excluding carboxylic acids is 1. The van der Waals surface area contributed by atoms with Crippen molar-refractivity contribution in [1.82, 2.24) is 5.32 Å². The summed E-state index contributed by atoms with van der Waals surface area (Å²) in [6.07, 6.45) is 2.49. The summed E-state index contributed by atoms with van der Waals surface area (Å²) in [4.78, 5) is 22.6. The molecule has 1 rings (SSSR count). The maximum Gasteiger partial charge on any atom is 0.328 e. The number of rotatable bonds is 7. The largest absolute Gasteiger partial charge is 0.478 e. The van der Waals surface area contributed by atoms with E-state index in [-0.39, 0.29) is 12.0 Å². The van der Waals surface area contributed by atoms with Crippen LogP contribution in [-0.2, 0) is 9.53 Å². The van der Waals surface area contributed by atoms with E-state index in [0.717, 1.165) is 11.6 Å². The van der Waals surface area contributed by atoms with Gasteiger partial charge in [0.05, 0.1) is 6.10 Å². The summed E-state index contributed by atoms with van der Waals surface area (Å²) in [5, 5.41) is 11.5. The molecule has 21 heavy (non-hydrogen) atoms. The second-order valence-electron chi connectivity index (χ2n) is 4.72. The van der Waals surface area contributed by atoms with Crippen LogP contribution < -0.4 is 5.32 Å². The fraction of sp³-hybridized carbons (Fsp3) is 0.375. The lowest BCUT2D eigenvalue weighted by Crippen LogP contribution is -2.32. The molecule has 1 unspecified atom stereocenters. The van der Waals surface area contributed by atoms with E-state index in [9.17, 15) is 9.59 Å². The SMILES string of the molecule is CCOC(C)CNC(=O)c1ccc(C)c(/C=C/C(=O)O)c1. The molecule has 0 saturated heterocycles. The second-order valence-corrected chi connectivity index (χ2v) is 4.72. The molecule has 0 aromatic heterocycles. The smallest absolute Gasteiger partial charge is 0.328 e. The van der Waals surface area contributed by atoms with E-state index in [4.69, 9.17) is 9.84 Å². The molecule has 0 heterocycles. The fourth-order valence-electron chi connectivity index (χ4n) is 1.80. The van der Waals surface area contributed by atoms with Crippen LogP contribution in [0.5, 0.6) is 0 Å². The molecule has 2 N–H and O–H groups in total. The Bertz CT molecular complexity index is 537. The van der Waals surface area contributed by atoms with Gasteiger partial charge in [-0.05, 0) is 50.1 Å². The standard InChI is InChI=1S/C16H21NO4/c1-4-21-12(3)10-17-16(20)14-6-5-11(2)13(9-14)7-8-15(18)19/h5-9,12H,4,10H2,1-3H3,(H,17,20)(H,18,19)/b8-7+. The highest BCUT2D eigenvalue weighted by Gasteiger charge is 2.09. The third-order valence-corrected chi connectivity index (χ3v) is 2.95. The molecule has 0 spiro atoms. The summed E-state index contributed by atoms with van der Waals surface area (Å²) in [7, 11) is 0. The molecule has 114 valence electrons. The molecule has 0 saturated carbocycles. The van der Waals surface area contributed by atoms with Gasteiger partial charge in [0.25, 0.3) is 5.91 Å². The molecular formula is C16H21NO4. The number of hydrogen-bond donors (Lipinski definition) is 2. The summed E-state index contributed by atoms with van der Waals surface area (Å²) in [5.74, 6) is -1.22. The maximum atomic E-state index is 12.0. The zero-order chi connectivity index (χ0) is 15.8. The quantitative estimate of drug-likeness (QED) is 0.755. The highest BCUT2D eigenvalue weighted by Crippen LogP contribution is 2.13. The minimum Gasteiger partial charge on any atom is -0.478 e. The monoisotopic (exact) mass is 291 g/mol. The number of hydrogen-bond acceptors (Lipinski definition) is 3. The third kappa shape index (κ3) is 5.79. The van der Waals surface area contributed by atoms with Crippen molar-refractivity contribution in [2.24, 2.45) is 0 Å². The van der Waals surface area contributed by atoms with Gasteiger partial charge in [-0.25, -0.2) is 4.79 Å². The topological polar surface area (TPSA) is 75.6 Å². The highest BCUT2D eigenvalue weighted by molar-refractivity contribution is 5.95. The average molecular weight is 291 g/mol. The predicted octanol–water partition coefficient (Wildman–Crippen LogP) is 2.25. The molecule has 5 heteroatoms. The van der Waals surface area contributed by atoms with Gasteiger partial charge in [-0.2, -0.15) is 0 Å².